The van der Waals surface area contributed by atoms with Crippen molar-refractivity contribution >= 4 is 10.8 Å². The first-order valence-corrected chi connectivity index (χ1v) is 7.23. The van der Waals surface area contributed by atoms with E-state index in [9.17, 15) is 0 Å². The molecule has 0 bridgehead atoms. The maximum Gasteiger partial charge on any atom is 0.135 e. The second kappa shape index (κ2) is 5.98. The van der Waals surface area contributed by atoms with Crippen LogP contribution in [0, 0.1) is 6.92 Å². The Balaban J connectivity index is 2.00. The van der Waals surface area contributed by atoms with Crippen molar-refractivity contribution in [2.24, 2.45) is 5.73 Å². The molecule has 0 aromatic heterocycles. The lowest BCUT2D eigenvalue weighted by Crippen LogP contribution is -2.03. The number of rotatable bonds is 4. The van der Waals surface area contributed by atoms with Crippen LogP contribution >= 0.6 is 0 Å². The number of hydrogen-bond donors (Lipinski definition) is 1. The van der Waals surface area contributed by atoms with Crippen molar-refractivity contribution < 1.29 is 4.74 Å². The van der Waals surface area contributed by atoms with Gasteiger partial charge in [0, 0.05) is 5.39 Å². The zero-order valence-corrected chi connectivity index (χ0v) is 12.2. The van der Waals surface area contributed by atoms with Crippen molar-refractivity contribution in [3.05, 3.63) is 71.8 Å². The maximum atomic E-state index is 6.17. The van der Waals surface area contributed by atoms with E-state index in [0.29, 0.717) is 6.54 Å². The Kier molecular flexibility index (Phi) is 3.89. The fourth-order valence-corrected chi connectivity index (χ4v) is 2.48. The lowest BCUT2D eigenvalue weighted by Gasteiger charge is -2.12. The highest BCUT2D eigenvalue weighted by Gasteiger charge is 2.06. The van der Waals surface area contributed by atoms with Gasteiger partial charge in [0.05, 0.1) is 0 Å². The first kappa shape index (κ1) is 13.7. The molecule has 3 aromatic carbocycles. The third kappa shape index (κ3) is 2.91. The second-order valence-corrected chi connectivity index (χ2v) is 5.22. The number of hydrogen-bond acceptors (Lipinski definition) is 2. The number of benzene rings is 3. The number of fused-ring (bicyclic) bond motifs is 1. The van der Waals surface area contributed by atoms with Gasteiger partial charge in [-0.15, -0.1) is 0 Å². The van der Waals surface area contributed by atoms with Crippen molar-refractivity contribution in [3.8, 4) is 11.5 Å². The van der Waals surface area contributed by atoms with E-state index in [0.717, 1.165) is 28.9 Å². The lowest BCUT2D eigenvalue weighted by molar-refractivity contribution is 0.484. The molecule has 106 valence electrons. The summed E-state index contributed by atoms with van der Waals surface area (Å²) in [6, 6.07) is 20.7. The van der Waals surface area contributed by atoms with E-state index in [-0.39, 0.29) is 0 Å². The van der Waals surface area contributed by atoms with E-state index in [1.807, 2.05) is 24.3 Å². The van der Waals surface area contributed by atoms with Gasteiger partial charge in [0.25, 0.3) is 0 Å². The molecular weight excluding hydrogens is 258 g/mol. The Labute approximate surface area is 125 Å². The van der Waals surface area contributed by atoms with Gasteiger partial charge < -0.3 is 10.5 Å². The number of aryl methyl sites for hydroxylation is 1. The van der Waals surface area contributed by atoms with E-state index in [2.05, 4.69) is 43.3 Å². The molecule has 0 unspecified atom stereocenters. The molecule has 0 amide bonds. The predicted molar refractivity (Wildman–Crippen MR) is 88.0 cm³/mol. The van der Waals surface area contributed by atoms with Crippen molar-refractivity contribution in [2.75, 3.05) is 6.54 Å². The fourth-order valence-electron chi connectivity index (χ4n) is 2.48. The van der Waals surface area contributed by atoms with Gasteiger partial charge in [0.15, 0.2) is 0 Å². The SMILES string of the molecule is Cc1ccc(CCN)cc1Oc1cccc2ccccc12. The Morgan fingerprint density at radius 2 is 1.71 bits per heavy atom. The van der Waals surface area contributed by atoms with Gasteiger partial charge in [-0.2, -0.15) is 0 Å². The summed E-state index contributed by atoms with van der Waals surface area (Å²) >= 11 is 0. The minimum Gasteiger partial charge on any atom is -0.456 e. The van der Waals surface area contributed by atoms with Gasteiger partial charge in [-0.05, 0) is 48.5 Å². The first-order chi connectivity index (χ1) is 10.3. The topological polar surface area (TPSA) is 35.2 Å². The normalized spacial score (nSPS) is 10.8. The van der Waals surface area contributed by atoms with Gasteiger partial charge in [0.2, 0.25) is 0 Å². The molecule has 3 rings (SSSR count). The van der Waals surface area contributed by atoms with Gasteiger partial charge >= 0.3 is 0 Å². The smallest absolute Gasteiger partial charge is 0.135 e. The highest BCUT2D eigenvalue weighted by molar-refractivity contribution is 5.88. The van der Waals surface area contributed by atoms with E-state index in [1.54, 1.807) is 0 Å². The van der Waals surface area contributed by atoms with Crippen LogP contribution in [-0.4, -0.2) is 6.54 Å². The lowest BCUT2D eigenvalue weighted by atomic mass is 10.1. The zero-order valence-electron chi connectivity index (χ0n) is 12.2. The third-order valence-electron chi connectivity index (χ3n) is 3.66. The summed E-state index contributed by atoms with van der Waals surface area (Å²) in [6.45, 7) is 2.71. The van der Waals surface area contributed by atoms with Crippen LogP contribution in [0.3, 0.4) is 0 Å². The Morgan fingerprint density at radius 3 is 2.57 bits per heavy atom. The number of nitrogens with two attached hydrogens (primary N) is 1. The molecule has 21 heavy (non-hydrogen) atoms. The van der Waals surface area contributed by atoms with Crippen LogP contribution < -0.4 is 10.5 Å². The van der Waals surface area contributed by atoms with Gasteiger partial charge in [-0.3, -0.25) is 0 Å². The molecule has 0 heterocycles. The largest absolute Gasteiger partial charge is 0.456 e. The van der Waals surface area contributed by atoms with Crippen molar-refractivity contribution in [2.45, 2.75) is 13.3 Å². The third-order valence-corrected chi connectivity index (χ3v) is 3.66. The van der Waals surface area contributed by atoms with E-state index >= 15 is 0 Å². The summed E-state index contributed by atoms with van der Waals surface area (Å²) in [5.41, 5.74) is 7.97. The van der Waals surface area contributed by atoms with Crippen LogP contribution in [0.1, 0.15) is 11.1 Å². The van der Waals surface area contributed by atoms with Crippen molar-refractivity contribution in [3.63, 3.8) is 0 Å². The average molecular weight is 277 g/mol. The molecule has 2 heteroatoms. The van der Waals surface area contributed by atoms with Gasteiger partial charge in [-0.1, -0.05) is 48.5 Å². The van der Waals surface area contributed by atoms with Crippen molar-refractivity contribution in [1.82, 2.24) is 0 Å². The summed E-state index contributed by atoms with van der Waals surface area (Å²) < 4.78 is 6.17. The van der Waals surface area contributed by atoms with Crippen LogP contribution in [0.25, 0.3) is 10.8 Å². The molecule has 0 atom stereocenters. The van der Waals surface area contributed by atoms with Gasteiger partial charge in [0.1, 0.15) is 11.5 Å². The summed E-state index contributed by atoms with van der Waals surface area (Å²) in [4.78, 5) is 0. The molecule has 3 aromatic rings. The minimum absolute atomic E-state index is 0.650. The molecule has 0 spiro atoms. The zero-order chi connectivity index (χ0) is 14.7. The Bertz CT molecular complexity index is 759. The Hall–Kier alpha value is -2.32. The molecule has 0 saturated heterocycles. The minimum atomic E-state index is 0.650. The summed E-state index contributed by atoms with van der Waals surface area (Å²) in [5, 5.41) is 2.31. The quantitative estimate of drug-likeness (QED) is 0.765. The van der Waals surface area contributed by atoms with Crippen LogP contribution in [0.4, 0.5) is 0 Å². The standard InChI is InChI=1S/C19H19NO/c1-14-9-10-15(11-12-20)13-19(14)21-18-8-4-6-16-5-2-3-7-17(16)18/h2-10,13H,11-12,20H2,1H3. The molecular formula is C19H19NO. The maximum absolute atomic E-state index is 6.17. The molecule has 0 aliphatic carbocycles. The van der Waals surface area contributed by atoms with E-state index < -0.39 is 0 Å². The summed E-state index contributed by atoms with van der Waals surface area (Å²) in [7, 11) is 0. The summed E-state index contributed by atoms with van der Waals surface area (Å²) in [6.07, 6.45) is 0.867. The first-order valence-electron chi connectivity index (χ1n) is 7.23. The van der Waals surface area contributed by atoms with Crippen LogP contribution in [0.5, 0.6) is 11.5 Å². The molecule has 0 radical (unpaired) electrons. The van der Waals surface area contributed by atoms with E-state index in [4.69, 9.17) is 10.5 Å². The highest BCUT2D eigenvalue weighted by Crippen LogP contribution is 2.31. The molecule has 2 nitrogen and oxygen atoms in total. The van der Waals surface area contributed by atoms with Crippen LogP contribution in [0.15, 0.2) is 60.7 Å². The molecule has 2 N–H and O–H groups in total. The highest BCUT2D eigenvalue weighted by atomic mass is 16.5. The monoisotopic (exact) mass is 277 g/mol. The second-order valence-electron chi connectivity index (χ2n) is 5.22. The van der Waals surface area contributed by atoms with Crippen LogP contribution in [0.2, 0.25) is 0 Å². The van der Waals surface area contributed by atoms with Gasteiger partial charge in [-0.25, -0.2) is 0 Å². The molecule has 0 saturated carbocycles. The molecule has 0 fully saturated rings. The van der Waals surface area contributed by atoms with E-state index in [1.165, 1.54) is 10.9 Å². The molecule has 0 aliphatic heterocycles. The average Bonchev–Trinajstić information content (AvgIpc) is 2.51. The van der Waals surface area contributed by atoms with Crippen LogP contribution in [-0.2, 0) is 6.42 Å². The predicted octanol–water partition coefficient (Wildman–Crippen LogP) is 4.44. The Morgan fingerprint density at radius 1 is 0.905 bits per heavy atom. The summed E-state index contributed by atoms with van der Waals surface area (Å²) in [5.74, 6) is 1.79. The number of ether oxygens (including phenoxy) is 1. The molecule has 0 aliphatic rings. The van der Waals surface area contributed by atoms with Crippen molar-refractivity contribution in [1.29, 1.82) is 0 Å². The fraction of sp³-hybridized carbons (Fsp3) is 0.158.